The maximum atomic E-state index is 13.7. The Labute approximate surface area is 232 Å². The molecule has 0 radical (unpaired) electrons. The highest BCUT2D eigenvalue weighted by molar-refractivity contribution is 7.90. The fourth-order valence-corrected chi connectivity index (χ4v) is 5.79. The molecule has 0 unspecified atom stereocenters. The van der Waals surface area contributed by atoms with Gasteiger partial charge >= 0.3 is 0 Å². The Bertz CT molecular complexity index is 1490. The Morgan fingerprint density at radius 1 is 1.03 bits per heavy atom. The number of hydrogen-bond donors (Lipinski definition) is 0. The Balaban J connectivity index is 0.00000336. The van der Waals surface area contributed by atoms with E-state index in [1.165, 1.54) is 17.6 Å². The van der Waals surface area contributed by atoms with Crippen molar-refractivity contribution in [3.63, 3.8) is 0 Å². The highest BCUT2D eigenvalue weighted by Gasteiger charge is 2.23. The molecule has 0 spiro atoms. The molecule has 1 aliphatic rings. The second-order valence-corrected chi connectivity index (χ2v) is 11.8. The summed E-state index contributed by atoms with van der Waals surface area (Å²) >= 11 is 1.31. The number of carbonyl (C=O) groups excluding carboxylic acids is 1. The quantitative estimate of drug-likeness (QED) is 0.296. The van der Waals surface area contributed by atoms with Crippen molar-refractivity contribution >= 4 is 54.8 Å². The minimum absolute atomic E-state index is 0. The predicted molar refractivity (Wildman–Crippen MR) is 152 cm³/mol. The summed E-state index contributed by atoms with van der Waals surface area (Å²) in [5.74, 6) is 1.18. The van der Waals surface area contributed by atoms with Gasteiger partial charge in [0.05, 0.1) is 28.3 Å². The van der Waals surface area contributed by atoms with Crippen molar-refractivity contribution in [1.82, 2.24) is 9.88 Å². The predicted octanol–water partition coefficient (Wildman–Crippen LogP) is 4.89. The fraction of sp³-hybridized carbons (Fsp3) is 0.259. The second-order valence-electron chi connectivity index (χ2n) is 8.75. The lowest BCUT2D eigenvalue weighted by Gasteiger charge is -2.29. The van der Waals surface area contributed by atoms with Crippen LogP contribution in [0.5, 0.6) is 11.5 Å². The van der Waals surface area contributed by atoms with Crippen LogP contribution in [0.2, 0.25) is 0 Å². The lowest BCUT2D eigenvalue weighted by atomic mass is 10.2. The van der Waals surface area contributed by atoms with Crippen LogP contribution in [0.1, 0.15) is 10.4 Å². The molecule has 2 heterocycles. The normalized spacial score (nSPS) is 14.1. The van der Waals surface area contributed by atoms with Gasteiger partial charge in [0.1, 0.15) is 11.5 Å². The molecule has 1 aliphatic heterocycles. The summed E-state index contributed by atoms with van der Waals surface area (Å²) in [5, 5.41) is 0.531. The molecular formula is C27H28ClN3O5S2. The smallest absolute Gasteiger partial charge is 0.260 e. The third-order valence-corrected chi connectivity index (χ3v) is 8.23. The maximum absolute atomic E-state index is 13.7. The zero-order chi connectivity index (χ0) is 25.8. The van der Waals surface area contributed by atoms with Gasteiger partial charge in [-0.25, -0.2) is 13.4 Å². The average molecular weight is 574 g/mol. The van der Waals surface area contributed by atoms with E-state index in [-0.39, 0.29) is 23.2 Å². The number of carbonyl (C=O) groups is 1. The summed E-state index contributed by atoms with van der Waals surface area (Å²) in [7, 11) is -3.35. The molecule has 0 aliphatic carbocycles. The Morgan fingerprint density at radius 2 is 1.71 bits per heavy atom. The van der Waals surface area contributed by atoms with Crippen molar-refractivity contribution in [1.29, 1.82) is 0 Å². The lowest BCUT2D eigenvalue weighted by molar-refractivity contribution is 0.0391. The van der Waals surface area contributed by atoms with Crippen molar-refractivity contribution in [2.75, 3.05) is 50.5 Å². The van der Waals surface area contributed by atoms with Gasteiger partial charge in [0.25, 0.3) is 5.91 Å². The molecule has 38 heavy (non-hydrogen) atoms. The van der Waals surface area contributed by atoms with Gasteiger partial charge in [-0.2, -0.15) is 0 Å². The van der Waals surface area contributed by atoms with Crippen LogP contribution in [0.25, 0.3) is 10.2 Å². The summed E-state index contributed by atoms with van der Waals surface area (Å²) in [6.45, 7) is 4.09. The third kappa shape index (κ3) is 6.69. The zero-order valence-electron chi connectivity index (χ0n) is 20.8. The number of thiazole rings is 1. The third-order valence-electron chi connectivity index (χ3n) is 6.08. The molecule has 0 bridgehead atoms. The van der Waals surface area contributed by atoms with Crippen LogP contribution in [-0.4, -0.2) is 69.9 Å². The summed E-state index contributed by atoms with van der Waals surface area (Å²) < 4.78 is 36.1. The Morgan fingerprint density at radius 3 is 2.39 bits per heavy atom. The minimum atomic E-state index is -3.35. The number of hydrogen-bond acceptors (Lipinski definition) is 8. The molecule has 11 heteroatoms. The number of morpholine rings is 1. The molecule has 1 aromatic heterocycles. The number of anilines is 1. The second kappa shape index (κ2) is 12.2. The summed E-state index contributed by atoms with van der Waals surface area (Å²) in [6, 6.07) is 21.4. The average Bonchev–Trinajstić information content (AvgIpc) is 3.33. The molecule has 4 aromatic rings. The topological polar surface area (TPSA) is 89.0 Å². The van der Waals surface area contributed by atoms with Gasteiger partial charge < -0.3 is 9.47 Å². The Hall–Kier alpha value is -3.02. The van der Waals surface area contributed by atoms with Crippen molar-refractivity contribution in [3.05, 3.63) is 78.4 Å². The van der Waals surface area contributed by atoms with Gasteiger partial charge in [0.15, 0.2) is 15.0 Å². The first-order valence-electron chi connectivity index (χ1n) is 11.9. The maximum Gasteiger partial charge on any atom is 0.260 e. The van der Waals surface area contributed by atoms with Gasteiger partial charge in [-0.05, 0) is 54.6 Å². The summed E-state index contributed by atoms with van der Waals surface area (Å²) in [4.78, 5) is 22.5. The molecule has 3 aromatic carbocycles. The Kier molecular flexibility index (Phi) is 9.01. The molecule has 1 fully saturated rings. The first-order valence-corrected chi connectivity index (χ1v) is 14.6. The van der Waals surface area contributed by atoms with Gasteiger partial charge in [0, 0.05) is 38.0 Å². The molecule has 0 atom stereocenters. The SMILES string of the molecule is CS(=O)(=O)c1ccc2nc(N(CCN3CCOCC3)C(=O)c3ccc(Oc4ccccc4)cc3)sc2c1.Cl. The van der Waals surface area contributed by atoms with E-state index in [1.54, 1.807) is 47.4 Å². The van der Waals surface area contributed by atoms with E-state index < -0.39 is 9.84 Å². The number of halogens is 1. The van der Waals surface area contributed by atoms with Crippen LogP contribution in [0.4, 0.5) is 5.13 Å². The number of benzene rings is 3. The summed E-state index contributed by atoms with van der Waals surface area (Å²) in [5.41, 5.74) is 1.17. The zero-order valence-corrected chi connectivity index (χ0v) is 23.2. The van der Waals surface area contributed by atoms with Gasteiger partial charge in [-0.1, -0.05) is 29.5 Å². The van der Waals surface area contributed by atoms with Crippen LogP contribution >= 0.6 is 23.7 Å². The molecule has 200 valence electrons. The van der Waals surface area contributed by atoms with E-state index in [0.29, 0.717) is 53.0 Å². The van der Waals surface area contributed by atoms with E-state index in [4.69, 9.17) is 9.47 Å². The molecule has 1 saturated heterocycles. The largest absolute Gasteiger partial charge is 0.457 e. The number of para-hydroxylation sites is 1. The molecule has 8 nitrogen and oxygen atoms in total. The van der Waals surface area contributed by atoms with E-state index in [0.717, 1.165) is 18.8 Å². The van der Waals surface area contributed by atoms with Crippen molar-refractivity contribution in [3.8, 4) is 11.5 Å². The first-order chi connectivity index (χ1) is 17.9. The van der Waals surface area contributed by atoms with Gasteiger partial charge in [-0.3, -0.25) is 14.6 Å². The first kappa shape index (κ1) is 28.0. The van der Waals surface area contributed by atoms with Crippen molar-refractivity contribution < 1.29 is 22.7 Å². The van der Waals surface area contributed by atoms with E-state index in [2.05, 4.69) is 9.88 Å². The van der Waals surface area contributed by atoms with Crippen LogP contribution in [0, 0.1) is 0 Å². The number of fused-ring (bicyclic) bond motifs is 1. The standard InChI is InChI=1S/C27H27N3O5S2.ClH/c1-37(32,33)23-11-12-24-25(19-23)36-27(28-24)30(14-13-29-15-17-34-18-16-29)26(31)20-7-9-22(10-8-20)35-21-5-3-2-4-6-21;/h2-12,19H,13-18H2,1H3;1H. The monoisotopic (exact) mass is 573 g/mol. The number of ether oxygens (including phenoxy) is 2. The highest BCUT2D eigenvalue weighted by Crippen LogP contribution is 2.32. The van der Waals surface area contributed by atoms with Crippen LogP contribution < -0.4 is 9.64 Å². The molecule has 5 rings (SSSR count). The van der Waals surface area contributed by atoms with E-state index >= 15 is 0 Å². The number of aromatic nitrogens is 1. The van der Waals surface area contributed by atoms with Gasteiger partial charge in [0.2, 0.25) is 0 Å². The van der Waals surface area contributed by atoms with Gasteiger partial charge in [-0.15, -0.1) is 12.4 Å². The van der Waals surface area contributed by atoms with Crippen LogP contribution in [0.15, 0.2) is 77.7 Å². The molecule has 1 amide bonds. The molecule has 0 N–H and O–H groups in total. The minimum Gasteiger partial charge on any atom is -0.457 e. The van der Waals surface area contributed by atoms with Crippen molar-refractivity contribution in [2.45, 2.75) is 4.90 Å². The molecular weight excluding hydrogens is 546 g/mol. The number of sulfone groups is 1. The van der Waals surface area contributed by atoms with Crippen molar-refractivity contribution in [2.24, 2.45) is 0 Å². The van der Waals surface area contributed by atoms with E-state index in [1.807, 2.05) is 30.3 Å². The molecule has 0 saturated carbocycles. The number of rotatable bonds is 8. The van der Waals surface area contributed by atoms with Crippen LogP contribution in [-0.2, 0) is 14.6 Å². The van der Waals surface area contributed by atoms with Crippen LogP contribution in [0.3, 0.4) is 0 Å². The number of amides is 1. The number of nitrogens with zero attached hydrogens (tertiary/aromatic N) is 3. The fourth-order valence-electron chi connectivity index (χ4n) is 4.04. The van der Waals surface area contributed by atoms with E-state index in [9.17, 15) is 13.2 Å². The highest BCUT2D eigenvalue weighted by atomic mass is 35.5. The summed E-state index contributed by atoms with van der Waals surface area (Å²) in [6.07, 6.45) is 1.18. The lowest BCUT2D eigenvalue weighted by Crippen LogP contribution is -2.43.